The number of amides is 2. The van der Waals surface area contributed by atoms with E-state index in [-0.39, 0.29) is 18.4 Å². The van der Waals surface area contributed by atoms with Crippen molar-refractivity contribution >= 4 is 30.1 Å². The molecule has 0 saturated heterocycles. The zero-order valence-corrected chi connectivity index (χ0v) is 9.97. The van der Waals surface area contributed by atoms with Gasteiger partial charge in [-0.25, -0.2) is 9.69 Å². The third kappa shape index (κ3) is 2.64. The molecule has 0 atom stereocenters. The summed E-state index contributed by atoms with van der Waals surface area (Å²) in [6.07, 6.45) is 0. The smallest absolute Gasteiger partial charge is 0.326 e. The van der Waals surface area contributed by atoms with Crippen molar-refractivity contribution in [1.82, 2.24) is 0 Å². The van der Waals surface area contributed by atoms with Gasteiger partial charge >= 0.3 is 6.03 Å². The second-order valence-electron chi connectivity index (χ2n) is 3.30. The Bertz CT molecular complexity index is 385. The number of primary amides is 1. The maximum atomic E-state index is 11.2. The van der Waals surface area contributed by atoms with Crippen LogP contribution in [0.2, 0.25) is 0 Å². The van der Waals surface area contributed by atoms with Crippen molar-refractivity contribution in [1.29, 1.82) is 5.41 Å². The normalized spacial score (nSPS) is 9.12. The molecule has 1 aromatic rings. The highest BCUT2D eigenvalue weighted by Gasteiger charge is 2.19. The fraction of sp³-hybridized carbons (Fsp3) is 0.200. The molecule has 0 radical (unpaired) electrons. The highest BCUT2D eigenvalue weighted by molar-refractivity contribution is 6.14. The number of carbonyl (C=O) groups is 1. The van der Waals surface area contributed by atoms with E-state index in [4.69, 9.17) is 16.9 Å². The lowest BCUT2D eigenvalue weighted by molar-refractivity contribution is 0.256. The molecule has 0 aromatic heterocycles. The minimum Gasteiger partial charge on any atom is -0.369 e. The van der Waals surface area contributed by atoms with E-state index in [2.05, 4.69) is 0 Å². The number of nitrogens with two attached hydrogens (primary N) is 2. The lowest BCUT2D eigenvalue weighted by Crippen LogP contribution is -2.45. The predicted molar refractivity (Wildman–Crippen MR) is 67.1 cm³/mol. The second kappa shape index (κ2) is 5.37. The average Bonchev–Trinajstić information content (AvgIpc) is 2.09. The first-order valence-electron chi connectivity index (χ1n) is 4.45. The second-order valence-corrected chi connectivity index (χ2v) is 3.30. The molecule has 0 aliphatic heterocycles. The molecule has 1 aromatic carbocycles. The van der Waals surface area contributed by atoms with E-state index in [1.807, 2.05) is 32.0 Å². The van der Waals surface area contributed by atoms with Crippen LogP contribution in [0.3, 0.4) is 0 Å². The molecular weight excluding hydrogens is 228 g/mol. The van der Waals surface area contributed by atoms with Crippen molar-refractivity contribution < 1.29 is 4.79 Å². The summed E-state index contributed by atoms with van der Waals surface area (Å²) in [5.41, 5.74) is 12.8. The predicted octanol–water partition coefficient (Wildman–Crippen LogP) is 1.50. The van der Waals surface area contributed by atoms with Crippen LogP contribution >= 0.6 is 12.4 Å². The number of para-hydroxylation sites is 1. The molecule has 0 saturated carbocycles. The number of urea groups is 1. The minimum absolute atomic E-state index is 0. The maximum Gasteiger partial charge on any atom is 0.326 e. The highest BCUT2D eigenvalue weighted by Crippen LogP contribution is 2.23. The Morgan fingerprint density at radius 3 is 2.00 bits per heavy atom. The Morgan fingerprint density at radius 2 is 1.69 bits per heavy atom. The van der Waals surface area contributed by atoms with Gasteiger partial charge in [-0.05, 0) is 25.0 Å². The van der Waals surface area contributed by atoms with E-state index < -0.39 is 6.03 Å². The number of nitrogens with one attached hydrogen (secondary N) is 1. The van der Waals surface area contributed by atoms with Gasteiger partial charge in [0.2, 0.25) is 5.96 Å². The summed E-state index contributed by atoms with van der Waals surface area (Å²) in [7, 11) is 0. The number of hydrogen-bond donors (Lipinski definition) is 3. The maximum absolute atomic E-state index is 11.2. The fourth-order valence-corrected chi connectivity index (χ4v) is 1.51. The number of halogens is 1. The van der Waals surface area contributed by atoms with E-state index >= 15 is 0 Å². The van der Waals surface area contributed by atoms with Crippen LogP contribution in [-0.4, -0.2) is 12.0 Å². The van der Waals surface area contributed by atoms with Crippen molar-refractivity contribution in [2.75, 3.05) is 4.90 Å². The Hall–Kier alpha value is -1.75. The zero-order chi connectivity index (χ0) is 11.6. The molecule has 0 spiro atoms. The quantitative estimate of drug-likeness (QED) is 0.514. The molecular formula is C10H15ClN4O. The van der Waals surface area contributed by atoms with Gasteiger partial charge in [0, 0.05) is 0 Å². The molecule has 0 aliphatic rings. The average molecular weight is 243 g/mol. The van der Waals surface area contributed by atoms with Crippen molar-refractivity contribution in [3.8, 4) is 0 Å². The van der Waals surface area contributed by atoms with E-state index in [0.29, 0.717) is 5.69 Å². The molecule has 0 fully saturated rings. The van der Waals surface area contributed by atoms with Gasteiger partial charge in [-0.15, -0.1) is 12.4 Å². The van der Waals surface area contributed by atoms with Crippen molar-refractivity contribution in [3.05, 3.63) is 29.3 Å². The number of guanidine groups is 1. The summed E-state index contributed by atoms with van der Waals surface area (Å²) in [6, 6.07) is 4.79. The van der Waals surface area contributed by atoms with Gasteiger partial charge in [0.1, 0.15) is 0 Å². The van der Waals surface area contributed by atoms with Crippen LogP contribution in [0.5, 0.6) is 0 Å². The molecule has 88 valence electrons. The van der Waals surface area contributed by atoms with Gasteiger partial charge in [-0.3, -0.25) is 5.41 Å². The van der Waals surface area contributed by atoms with Gasteiger partial charge < -0.3 is 11.5 Å². The van der Waals surface area contributed by atoms with E-state index in [9.17, 15) is 4.79 Å². The topological polar surface area (TPSA) is 96.2 Å². The third-order valence-corrected chi connectivity index (χ3v) is 2.12. The summed E-state index contributed by atoms with van der Waals surface area (Å²) in [5.74, 6) is -0.375. The van der Waals surface area contributed by atoms with Gasteiger partial charge in [-0.1, -0.05) is 18.2 Å². The van der Waals surface area contributed by atoms with Crippen LogP contribution < -0.4 is 16.4 Å². The zero-order valence-electron chi connectivity index (χ0n) is 9.15. The fourth-order valence-electron chi connectivity index (χ4n) is 1.51. The van der Waals surface area contributed by atoms with Crippen molar-refractivity contribution in [3.63, 3.8) is 0 Å². The molecule has 5 N–H and O–H groups in total. The standard InChI is InChI=1S/C10H14N4O.ClH/c1-6-4-3-5-7(2)8(6)14(9(11)12)10(13)15;/h3-5H,1-2H3,(H3,11,12)(H2,13,15);1H. The van der Waals surface area contributed by atoms with Crippen LogP contribution in [-0.2, 0) is 0 Å². The van der Waals surface area contributed by atoms with Crippen LogP contribution in [0, 0.1) is 19.3 Å². The van der Waals surface area contributed by atoms with E-state index in [1.54, 1.807) is 0 Å². The van der Waals surface area contributed by atoms with Gasteiger partial charge in [0.05, 0.1) is 5.69 Å². The Kier molecular flexibility index (Phi) is 4.78. The number of hydrogen-bond acceptors (Lipinski definition) is 2. The first-order chi connectivity index (χ1) is 6.95. The van der Waals surface area contributed by atoms with E-state index in [0.717, 1.165) is 16.0 Å². The number of carbonyl (C=O) groups excluding carboxylic acids is 1. The molecule has 0 bridgehead atoms. The van der Waals surface area contributed by atoms with Crippen LogP contribution in [0.15, 0.2) is 18.2 Å². The third-order valence-electron chi connectivity index (χ3n) is 2.12. The van der Waals surface area contributed by atoms with Gasteiger partial charge in [0.15, 0.2) is 0 Å². The summed E-state index contributed by atoms with van der Waals surface area (Å²) >= 11 is 0. The Labute approximate surface area is 100 Å². The summed E-state index contributed by atoms with van der Waals surface area (Å²) in [6.45, 7) is 3.67. The number of anilines is 1. The monoisotopic (exact) mass is 242 g/mol. The Morgan fingerprint density at radius 1 is 1.25 bits per heavy atom. The minimum atomic E-state index is -0.750. The number of rotatable bonds is 1. The molecule has 0 unspecified atom stereocenters. The lowest BCUT2D eigenvalue weighted by Gasteiger charge is -2.22. The SMILES string of the molecule is Cc1cccc(C)c1N(C(=N)N)C(N)=O.Cl. The molecule has 5 nitrogen and oxygen atoms in total. The first kappa shape index (κ1) is 14.2. The van der Waals surface area contributed by atoms with Crippen LogP contribution in [0.4, 0.5) is 10.5 Å². The molecule has 0 aliphatic carbocycles. The van der Waals surface area contributed by atoms with Crippen LogP contribution in [0.1, 0.15) is 11.1 Å². The Balaban J connectivity index is 0.00000225. The van der Waals surface area contributed by atoms with Gasteiger partial charge in [0.25, 0.3) is 0 Å². The number of nitrogens with zero attached hydrogens (tertiary/aromatic N) is 1. The number of aryl methyl sites for hydroxylation is 2. The lowest BCUT2D eigenvalue weighted by atomic mass is 10.1. The largest absolute Gasteiger partial charge is 0.369 e. The van der Waals surface area contributed by atoms with E-state index in [1.165, 1.54) is 0 Å². The molecule has 0 heterocycles. The number of benzene rings is 1. The van der Waals surface area contributed by atoms with Crippen LogP contribution in [0.25, 0.3) is 0 Å². The van der Waals surface area contributed by atoms with Gasteiger partial charge in [-0.2, -0.15) is 0 Å². The molecule has 2 amide bonds. The molecule has 16 heavy (non-hydrogen) atoms. The summed E-state index contributed by atoms with van der Waals surface area (Å²) in [4.78, 5) is 12.2. The summed E-state index contributed by atoms with van der Waals surface area (Å²) < 4.78 is 0. The molecule has 1 rings (SSSR count). The molecule has 6 heteroatoms. The van der Waals surface area contributed by atoms with Crippen molar-refractivity contribution in [2.45, 2.75) is 13.8 Å². The first-order valence-corrected chi connectivity index (χ1v) is 4.45. The summed E-state index contributed by atoms with van der Waals surface area (Å²) in [5, 5.41) is 7.32. The van der Waals surface area contributed by atoms with Crippen molar-refractivity contribution in [2.24, 2.45) is 11.5 Å². The highest BCUT2D eigenvalue weighted by atomic mass is 35.5.